The molecule has 1 heterocycles. The number of nitrogens with one attached hydrogen (secondary N) is 2. The van der Waals surface area contributed by atoms with Crippen LogP contribution in [0.25, 0.3) is 11.3 Å². The molecule has 0 bridgehead atoms. The minimum Gasteiger partial charge on any atom is -0.542 e. The fraction of sp³-hybridized carbons (Fsp3) is 0.261. The number of carboxylic acids is 1. The second-order valence-electron chi connectivity index (χ2n) is 7.25. The summed E-state index contributed by atoms with van der Waals surface area (Å²) in [6.45, 7) is 1.08. The Morgan fingerprint density at radius 2 is 1.79 bits per heavy atom. The van der Waals surface area contributed by atoms with Crippen LogP contribution in [0.2, 0.25) is 10.0 Å². The maximum atomic E-state index is 12.3. The summed E-state index contributed by atoms with van der Waals surface area (Å²) in [6, 6.07) is 12.0. The minimum atomic E-state index is -5.19. The number of hydrogen-bond donors (Lipinski definition) is 3. The Bertz CT molecular complexity index is 1240. The lowest BCUT2D eigenvalue weighted by molar-refractivity contribution is -0.368. The molecule has 0 atom stereocenters. The lowest BCUT2D eigenvalue weighted by Gasteiger charge is -2.13. The average molecular weight is 579 g/mol. The Morgan fingerprint density at radius 1 is 1.11 bits per heavy atom. The average Bonchev–Trinajstić information content (AvgIpc) is 3.31. The molecule has 38 heavy (non-hydrogen) atoms. The number of aliphatic carboxylic acids is 1. The highest BCUT2D eigenvalue weighted by Crippen LogP contribution is 2.38. The zero-order valence-corrected chi connectivity index (χ0v) is 21.4. The molecule has 5 N–H and O–H groups in total. The van der Waals surface area contributed by atoms with Crippen molar-refractivity contribution >= 4 is 40.9 Å². The summed E-state index contributed by atoms with van der Waals surface area (Å²) in [5.41, 5.74) is 5.17. The number of halogens is 5. The van der Waals surface area contributed by atoms with E-state index >= 15 is 0 Å². The number of alkyl halides is 3. The van der Waals surface area contributed by atoms with Gasteiger partial charge in [0.1, 0.15) is 23.2 Å². The van der Waals surface area contributed by atoms with Crippen LogP contribution < -0.4 is 30.4 Å². The van der Waals surface area contributed by atoms with E-state index in [-0.39, 0.29) is 6.61 Å². The number of amides is 1. The molecule has 10 nitrogen and oxygen atoms in total. The number of quaternary nitrogens is 1. The van der Waals surface area contributed by atoms with Crippen LogP contribution in [0.3, 0.4) is 0 Å². The zero-order chi connectivity index (χ0) is 28.3. The van der Waals surface area contributed by atoms with Gasteiger partial charge in [-0.05, 0) is 30.3 Å². The van der Waals surface area contributed by atoms with E-state index in [4.69, 9.17) is 47.3 Å². The molecule has 0 aliphatic heterocycles. The molecule has 2 aromatic carbocycles. The summed E-state index contributed by atoms with van der Waals surface area (Å²) in [6.07, 6.45) is -4.36. The van der Waals surface area contributed by atoms with Gasteiger partial charge in [-0.1, -0.05) is 29.3 Å². The molecule has 0 unspecified atom stereocenters. The molecular formula is C23H23Cl2F3N4O6. The van der Waals surface area contributed by atoms with Gasteiger partial charge in [-0.25, -0.2) is 0 Å². The third kappa shape index (κ3) is 9.32. The van der Waals surface area contributed by atoms with Crippen molar-refractivity contribution in [3.8, 4) is 28.5 Å². The number of H-pyrrole nitrogens is 1. The number of hydrogen-bond acceptors (Lipinski definition) is 7. The van der Waals surface area contributed by atoms with Gasteiger partial charge in [-0.15, -0.1) is 0 Å². The van der Waals surface area contributed by atoms with E-state index in [0.717, 1.165) is 13.0 Å². The number of methoxy groups -OCH3 is 1. The highest BCUT2D eigenvalue weighted by atomic mass is 35.5. The fourth-order valence-electron chi connectivity index (χ4n) is 2.78. The molecule has 0 aliphatic carbocycles. The third-order valence-electron chi connectivity index (χ3n) is 4.46. The molecule has 1 amide bonds. The van der Waals surface area contributed by atoms with Crippen molar-refractivity contribution in [2.75, 3.05) is 32.2 Å². The van der Waals surface area contributed by atoms with Crippen LogP contribution in [-0.2, 0) is 9.59 Å². The standard InChI is InChI=1S/C21H22Cl2N4O4.C2HF3O2/c1-29-17-4-2-5-18(30-9-3-8-24)21(17)15-11-19(27-26-15)25-20(28)12-31-16-7-6-13(22)10-14(16)23;3-2(4,5)1(6)7/h2,4-7,10-11H,3,8-9,12,24H2,1H3,(H2,25,26,27,28);(H,6,7). The molecule has 0 saturated carbocycles. The maximum Gasteiger partial charge on any atom is 0.430 e. The van der Waals surface area contributed by atoms with Gasteiger partial charge in [-0.3, -0.25) is 9.89 Å². The molecule has 3 rings (SSSR count). The number of ether oxygens (including phenoxy) is 3. The van der Waals surface area contributed by atoms with Crippen LogP contribution >= 0.6 is 23.2 Å². The Balaban J connectivity index is 0.000000638. The second-order valence-corrected chi connectivity index (χ2v) is 8.10. The first kappa shape index (κ1) is 30.5. The normalized spacial score (nSPS) is 10.7. The summed E-state index contributed by atoms with van der Waals surface area (Å²) in [4.78, 5) is 21.0. The maximum absolute atomic E-state index is 12.3. The summed E-state index contributed by atoms with van der Waals surface area (Å²) >= 11 is 11.9. The Labute approximate surface area is 224 Å². The number of aromatic nitrogens is 2. The quantitative estimate of drug-likeness (QED) is 0.312. The van der Waals surface area contributed by atoms with Crippen molar-refractivity contribution in [3.05, 3.63) is 52.5 Å². The van der Waals surface area contributed by atoms with Crippen LogP contribution in [0.1, 0.15) is 6.42 Å². The number of carboxylic acid groups (broad SMARTS) is 1. The molecule has 1 aromatic heterocycles. The largest absolute Gasteiger partial charge is 0.542 e. The zero-order valence-electron chi connectivity index (χ0n) is 19.9. The van der Waals surface area contributed by atoms with Gasteiger partial charge in [0.15, 0.2) is 12.4 Å². The van der Waals surface area contributed by atoms with Crippen molar-refractivity contribution in [1.82, 2.24) is 10.2 Å². The molecule has 3 aromatic rings. The summed E-state index contributed by atoms with van der Waals surface area (Å²) in [5.74, 6) is -1.43. The first-order valence-corrected chi connectivity index (χ1v) is 11.5. The smallest absolute Gasteiger partial charge is 0.430 e. The summed E-state index contributed by atoms with van der Waals surface area (Å²) < 4.78 is 48.3. The fourth-order valence-corrected chi connectivity index (χ4v) is 3.24. The minimum absolute atomic E-state index is 0.238. The van der Waals surface area contributed by atoms with E-state index in [9.17, 15) is 18.0 Å². The predicted octanol–water partition coefficient (Wildman–Crippen LogP) is 2.72. The van der Waals surface area contributed by atoms with Gasteiger partial charge in [0.25, 0.3) is 5.91 Å². The second kappa shape index (κ2) is 14.3. The van der Waals surface area contributed by atoms with Crippen molar-refractivity contribution in [2.24, 2.45) is 0 Å². The molecular weight excluding hydrogens is 556 g/mol. The number of aromatic amines is 1. The van der Waals surface area contributed by atoms with Crippen LogP contribution in [0.15, 0.2) is 42.5 Å². The topological polar surface area (TPSA) is 153 Å². The van der Waals surface area contributed by atoms with Gasteiger partial charge < -0.3 is 35.2 Å². The van der Waals surface area contributed by atoms with E-state index in [1.54, 1.807) is 31.4 Å². The SMILES string of the molecule is COc1cccc(OCCC[NH3+])c1-c1cc(NC(=O)COc2ccc(Cl)cc2Cl)n[nH]1.O=C([O-])C(F)(F)F. The Kier molecular flexibility index (Phi) is 11.5. The first-order valence-electron chi connectivity index (χ1n) is 10.8. The molecule has 0 fully saturated rings. The lowest BCUT2D eigenvalue weighted by atomic mass is 10.1. The summed E-state index contributed by atoms with van der Waals surface area (Å²) in [7, 11) is 1.58. The third-order valence-corrected chi connectivity index (χ3v) is 4.99. The lowest BCUT2D eigenvalue weighted by Crippen LogP contribution is -2.50. The number of anilines is 1. The number of carbonyl (C=O) groups excluding carboxylic acids is 2. The molecule has 15 heteroatoms. The Hall–Kier alpha value is -3.68. The van der Waals surface area contributed by atoms with E-state index in [0.29, 0.717) is 51.0 Å². The Morgan fingerprint density at radius 3 is 2.39 bits per heavy atom. The molecule has 0 spiro atoms. The van der Waals surface area contributed by atoms with Gasteiger partial charge in [-0.2, -0.15) is 18.3 Å². The van der Waals surface area contributed by atoms with Gasteiger partial charge in [0.05, 0.1) is 36.5 Å². The monoisotopic (exact) mass is 578 g/mol. The number of benzene rings is 2. The number of nitrogens with zero attached hydrogens (tertiary/aromatic N) is 1. The van der Waals surface area contributed by atoms with E-state index in [2.05, 4.69) is 21.2 Å². The van der Waals surface area contributed by atoms with Gasteiger partial charge in [0.2, 0.25) is 0 Å². The van der Waals surface area contributed by atoms with Gasteiger partial charge >= 0.3 is 6.18 Å². The molecule has 206 valence electrons. The van der Waals surface area contributed by atoms with Crippen molar-refractivity contribution < 1.29 is 47.8 Å². The molecule has 0 radical (unpaired) electrons. The highest BCUT2D eigenvalue weighted by molar-refractivity contribution is 6.35. The van der Waals surface area contributed by atoms with E-state index in [1.807, 2.05) is 18.2 Å². The highest BCUT2D eigenvalue weighted by Gasteiger charge is 2.28. The van der Waals surface area contributed by atoms with Crippen LogP contribution in [0.5, 0.6) is 17.2 Å². The van der Waals surface area contributed by atoms with Crippen molar-refractivity contribution in [3.63, 3.8) is 0 Å². The number of carbonyl (C=O) groups is 2. The van der Waals surface area contributed by atoms with E-state index in [1.165, 1.54) is 0 Å². The van der Waals surface area contributed by atoms with Crippen LogP contribution in [0, 0.1) is 0 Å². The molecule has 0 saturated heterocycles. The summed E-state index contributed by atoms with van der Waals surface area (Å²) in [5, 5.41) is 19.3. The predicted molar refractivity (Wildman–Crippen MR) is 130 cm³/mol. The number of rotatable bonds is 10. The van der Waals surface area contributed by atoms with Crippen LogP contribution in [0.4, 0.5) is 19.0 Å². The van der Waals surface area contributed by atoms with Gasteiger partial charge in [0, 0.05) is 17.5 Å². The van der Waals surface area contributed by atoms with E-state index < -0.39 is 18.1 Å². The van der Waals surface area contributed by atoms with Crippen molar-refractivity contribution in [2.45, 2.75) is 12.6 Å². The molecule has 0 aliphatic rings. The first-order chi connectivity index (χ1) is 18.0. The van der Waals surface area contributed by atoms with Crippen LogP contribution in [-0.4, -0.2) is 55.1 Å². The van der Waals surface area contributed by atoms with Crippen molar-refractivity contribution in [1.29, 1.82) is 0 Å².